The van der Waals surface area contributed by atoms with Gasteiger partial charge in [-0.25, -0.2) is 0 Å². The Bertz CT molecular complexity index is 781. The molecule has 0 aromatic heterocycles. The largest absolute Gasteiger partial charge is 0.379 e. The molecule has 3 rings (SSSR count). The Labute approximate surface area is 216 Å². The number of hydrogen-bond donors (Lipinski definition) is 3. The summed E-state index contributed by atoms with van der Waals surface area (Å²) < 4.78 is 5.60. The molecule has 3 N–H and O–H groups in total. The highest BCUT2D eigenvalue weighted by Gasteiger charge is 2.38. The molecule has 2 fully saturated rings. The molecule has 1 amide bonds. The molecule has 0 bridgehead atoms. The van der Waals surface area contributed by atoms with E-state index in [0.717, 1.165) is 44.4 Å². The zero-order valence-corrected chi connectivity index (χ0v) is 23.0. The van der Waals surface area contributed by atoms with E-state index in [9.17, 15) is 4.79 Å². The van der Waals surface area contributed by atoms with Crippen molar-refractivity contribution in [3.63, 3.8) is 0 Å². The van der Waals surface area contributed by atoms with Crippen LogP contribution in [0.5, 0.6) is 0 Å². The summed E-state index contributed by atoms with van der Waals surface area (Å²) in [5, 5.41) is 10.0. The van der Waals surface area contributed by atoms with E-state index in [4.69, 9.17) is 4.74 Å². The maximum absolute atomic E-state index is 12.5. The number of rotatable bonds is 6. The molecule has 0 unspecified atom stereocenters. The van der Waals surface area contributed by atoms with Crippen LogP contribution in [0.15, 0.2) is 29.3 Å². The first kappa shape index (κ1) is 27.9. The molecule has 1 aliphatic carbocycles. The third kappa shape index (κ3) is 8.40. The fraction of sp³-hybridized carbons (Fsp3) is 0.680. The van der Waals surface area contributed by atoms with Crippen LogP contribution in [0, 0.1) is 0 Å². The predicted octanol–water partition coefficient (Wildman–Crippen LogP) is 3.53. The lowest BCUT2D eigenvalue weighted by molar-refractivity contribution is -0.0352. The quantitative estimate of drug-likeness (QED) is 0.277. The Hall–Kier alpha value is -1.39. The molecule has 186 valence electrons. The van der Waals surface area contributed by atoms with Crippen molar-refractivity contribution in [2.45, 2.75) is 70.5 Å². The van der Waals surface area contributed by atoms with Gasteiger partial charge >= 0.3 is 0 Å². The summed E-state index contributed by atoms with van der Waals surface area (Å²) in [6.07, 6.45) is 6.35. The number of carbonyl (C=O) groups excluding carboxylic acids is 1. The normalized spacial score (nSPS) is 19.3. The molecular formula is C25H42IN5O2. The van der Waals surface area contributed by atoms with Crippen LogP contribution in [0.4, 0.5) is 0 Å². The molecule has 7 nitrogen and oxygen atoms in total. The van der Waals surface area contributed by atoms with E-state index in [-0.39, 0.29) is 41.0 Å². The molecule has 1 saturated carbocycles. The zero-order chi connectivity index (χ0) is 23.0. The Morgan fingerprint density at radius 2 is 1.82 bits per heavy atom. The van der Waals surface area contributed by atoms with Crippen molar-refractivity contribution in [2.24, 2.45) is 4.99 Å². The molecule has 1 aromatic rings. The van der Waals surface area contributed by atoms with Gasteiger partial charge in [-0.15, -0.1) is 24.0 Å². The minimum atomic E-state index is -0.257. The van der Waals surface area contributed by atoms with Crippen molar-refractivity contribution in [1.29, 1.82) is 0 Å². The number of ether oxygens (including phenoxy) is 1. The summed E-state index contributed by atoms with van der Waals surface area (Å²) in [6.45, 7) is 11.1. The summed E-state index contributed by atoms with van der Waals surface area (Å²) >= 11 is 0. The maximum Gasteiger partial charge on any atom is 0.251 e. The minimum Gasteiger partial charge on any atom is -0.379 e. The van der Waals surface area contributed by atoms with Crippen molar-refractivity contribution < 1.29 is 9.53 Å². The van der Waals surface area contributed by atoms with Crippen LogP contribution in [0.1, 0.15) is 68.8 Å². The number of amides is 1. The van der Waals surface area contributed by atoms with Gasteiger partial charge in [0.05, 0.1) is 13.2 Å². The number of nitrogens with one attached hydrogen (secondary N) is 3. The van der Waals surface area contributed by atoms with Crippen LogP contribution in [0.2, 0.25) is 0 Å². The van der Waals surface area contributed by atoms with Gasteiger partial charge in [0.1, 0.15) is 0 Å². The first-order valence-corrected chi connectivity index (χ1v) is 12.0. The SMILES string of the molecule is CN=C(NCc1cccc(C(=O)NC(C)(C)C)c1)NCC1(N2CCOCC2)CCCCC1.I. The number of aliphatic imine (C=N–C) groups is 1. The van der Waals surface area contributed by atoms with E-state index in [1.807, 2.05) is 52.1 Å². The van der Waals surface area contributed by atoms with Crippen LogP contribution in [-0.2, 0) is 11.3 Å². The molecule has 0 atom stereocenters. The molecule has 1 aromatic carbocycles. The number of morpholine rings is 1. The Kier molecular flexibility index (Phi) is 10.9. The molecule has 33 heavy (non-hydrogen) atoms. The van der Waals surface area contributed by atoms with Gasteiger partial charge in [-0.2, -0.15) is 0 Å². The van der Waals surface area contributed by atoms with E-state index < -0.39 is 0 Å². The highest BCUT2D eigenvalue weighted by Crippen LogP contribution is 2.33. The maximum atomic E-state index is 12.5. The fourth-order valence-corrected chi connectivity index (χ4v) is 4.74. The summed E-state index contributed by atoms with van der Waals surface area (Å²) in [6, 6.07) is 7.76. The molecule has 8 heteroatoms. The fourth-order valence-electron chi connectivity index (χ4n) is 4.74. The predicted molar refractivity (Wildman–Crippen MR) is 145 cm³/mol. The van der Waals surface area contributed by atoms with Crippen LogP contribution in [0.25, 0.3) is 0 Å². The zero-order valence-electron chi connectivity index (χ0n) is 20.7. The molecule has 1 saturated heterocycles. The van der Waals surface area contributed by atoms with Gasteiger partial charge in [0.2, 0.25) is 0 Å². The standard InChI is InChI=1S/C25H41N5O2.HI/c1-24(2,3)29-22(31)21-10-8-9-20(17-21)18-27-23(26-4)28-19-25(11-6-5-7-12-25)30-13-15-32-16-14-30;/h8-10,17H,5-7,11-16,18-19H2,1-4H3,(H,29,31)(H2,26,27,28);1H. The second kappa shape index (κ2) is 12.9. The van der Waals surface area contributed by atoms with Crippen LogP contribution >= 0.6 is 24.0 Å². The van der Waals surface area contributed by atoms with Crippen molar-refractivity contribution in [3.8, 4) is 0 Å². The number of hydrogen-bond acceptors (Lipinski definition) is 4. The monoisotopic (exact) mass is 571 g/mol. The summed E-state index contributed by atoms with van der Waals surface area (Å²) in [4.78, 5) is 19.6. The molecule has 0 spiro atoms. The van der Waals surface area contributed by atoms with Gasteiger partial charge in [0.15, 0.2) is 5.96 Å². The lowest BCUT2D eigenvalue weighted by Crippen LogP contribution is -2.60. The molecule has 0 radical (unpaired) electrons. The summed E-state index contributed by atoms with van der Waals surface area (Å²) in [5.74, 6) is 0.749. The van der Waals surface area contributed by atoms with E-state index in [1.54, 1.807) is 0 Å². The average molecular weight is 572 g/mol. The smallest absolute Gasteiger partial charge is 0.251 e. The third-order valence-corrected chi connectivity index (χ3v) is 6.41. The van der Waals surface area contributed by atoms with E-state index in [2.05, 4.69) is 25.8 Å². The van der Waals surface area contributed by atoms with Crippen LogP contribution < -0.4 is 16.0 Å². The number of carbonyl (C=O) groups is 1. The lowest BCUT2D eigenvalue weighted by Gasteiger charge is -2.48. The average Bonchev–Trinajstić information content (AvgIpc) is 2.79. The van der Waals surface area contributed by atoms with E-state index >= 15 is 0 Å². The van der Waals surface area contributed by atoms with Crippen molar-refractivity contribution in [2.75, 3.05) is 39.9 Å². The van der Waals surface area contributed by atoms with E-state index in [1.165, 1.54) is 32.1 Å². The highest BCUT2D eigenvalue weighted by atomic mass is 127. The van der Waals surface area contributed by atoms with Crippen LogP contribution in [-0.4, -0.2) is 67.7 Å². The second-order valence-corrected chi connectivity index (χ2v) is 10.1. The first-order chi connectivity index (χ1) is 15.3. The van der Waals surface area contributed by atoms with Gasteiger partial charge in [0.25, 0.3) is 5.91 Å². The van der Waals surface area contributed by atoms with Gasteiger partial charge in [-0.1, -0.05) is 31.4 Å². The topological polar surface area (TPSA) is 78.0 Å². The highest BCUT2D eigenvalue weighted by molar-refractivity contribution is 14.0. The molecular weight excluding hydrogens is 529 g/mol. The molecule has 2 aliphatic rings. The number of halogens is 1. The Morgan fingerprint density at radius 1 is 1.12 bits per heavy atom. The lowest BCUT2D eigenvalue weighted by atomic mass is 9.80. The van der Waals surface area contributed by atoms with Gasteiger partial charge in [-0.3, -0.25) is 14.7 Å². The van der Waals surface area contributed by atoms with Gasteiger partial charge in [-0.05, 0) is 51.3 Å². The molecule has 1 aliphatic heterocycles. The first-order valence-electron chi connectivity index (χ1n) is 12.0. The summed E-state index contributed by atoms with van der Waals surface area (Å²) in [7, 11) is 1.81. The number of nitrogens with zero attached hydrogens (tertiary/aromatic N) is 2. The van der Waals surface area contributed by atoms with Gasteiger partial charge in [0, 0.05) is 49.9 Å². The summed E-state index contributed by atoms with van der Waals surface area (Å²) in [5.41, 5.74) is 1.66. The Balaban J connectivity index is 0.00000385. The number of guanidine groups is 1. The van der Waals surface area contributed by atoms with Crippen molar-refractivity contribution in [1.82, 2.24) is 20.9 Å². The minimum absolute atomic E-state index is 0. The van der Waals surface area contributed by atoms with E-state index in [0.29, 0.717) is 12.1 Å². The Morgan fingerprint density at radius 3 is 2.45 bits per heavy atom. The second-order valence-electron chi connectivity index (χ2n) is 10.1. The van der Waals surface area contributed by atoms with Crippen molar-refractivity contribution >= 4 is 35.8 Å². The number of benzene rings is 1. The van der Waals surface area contributed by atoms with Crippen LogP contribution in [0.3, 0.4) is 0 Å². The molecule has 1 heterocycles. The van der Waals surface area contributed by atoms with Gasteiger partial charge < -0.3 is 20.7 Å². The van der Waals surface area contributed by atoms with Crippen molar-refractivity contribution in [3.05, 3.63) is 35.4 Å². The third-order valence-electron chi connectivity index (χ3n) is 6.41.